The average Bonchev–Trinajstić information content (AvgIpc) is 2.43. The van der Waals surface area contributed by atoms with E-state index < -0.39 is 0 Å². The summed E-state index contributed by atoms with van der Waals surface area (Å²) >= 11 is 3.54. The number of carbonyl (C=O) groups is 1. The number of likely N-dealkylation sites (N-methyl/N-ethyl adjacent to an activating group) is 1. The molecule has 1 aromatic carbocycles. The zero-order valence-corrected chi connectivity index (χ0v) is 13.8. The molecule has 4 heteroatoms. The first-order valence-corrected chi connectivity index (χ1v) is 7.92. The topological polar surface area (TPSA) is 29.5 Å². The van der Waals surface area contributed by atoms with Crippen molar-refractivity contribution in [3.8, 4) is 0 Å². The van der Waals surface area contributed by atoms with Crippen LogP contribution in [0.5, 0.6) is 0 Å². The van der Waals surface area contributed by atoms with Gasteiger partial charge in [-0.15, -0.1) is 0 Å². The number of amides is 1. The van der Waals surface area contributed by atoms with Gasteiger partial charge in [0.1, 0.15) is 0 Å². The second-order valence-corrected chi connectivity index (χ2v) is 6.46. The molecule has 1 aromatic rings. The first kappa shape index (κ1) is 15.5. The Hall–Kier alpha value is -0.870. The van der Waals surface area contributed by atoms with Gasteiger partial charge in [0.25, 0.3) is 0 Å². The lowest BCUT2D eigenvalue weighted by molar-refractivity contribution is -0.130. The number of halogens is 1. The van der Waals surface area contributed by atoms with Gasteiger partial charge >= 0.3 is 0 Å². The Balaban J connectivity index is 1.89. The Morgan fingerprint density at radius 2 is 2.10 bits per heavy atom. The number of aryl methyl sites for hydroxylation is 1. The fourth-order valence-corrected chi connectivity index (χ4v) is 3.15. The third-order valence-corrected chi connectivity index (χ3v) is 4.59. The number of hydrogen-bond donors (Lipinski definition) is 0. The SMILES string of the molecule is Cc1ccc(CC(=O)N(C)CC2CCOCC2)c(Br)c1. The molecule has 1 aliphatic rings. The van der Waals surface area contributed by atoms with Crippen LogP contribution in [0, 0.1) is 12.8 Å². The van der Waals surface area contributed by atoms with Crippen LogP contribution in [0.3, 0.4) is 0 Å². The Morgan fingerprint density at radius 1 is 1.40 bits per heavy atom. The fraction of sp³-hybridized carbons (Fsp3) is 0.562. The van der Waals surface area contributed by atoms with Crippen molar-refractivity contribution in [2.24, 2.45) is 5.92 Å². The zero-order chi connectivity index (χ0) is 14.5. The van der Waals surface area contributed by atoms with E-state index in [1.165, 1.54) is 5.56 Å². The minimum atomic E-state index is 0.182. The molecule has 0 saturated carbocycles. The molecule has 0 N–H and O–H groups in total. The molecule has 110 valence electrons. The molecule has 0 unspecified atom stereocenters. The van der Waals surface area contributed by atoms with E-state index in [0.29, 0.717) is 12.3 Å². The molecule has 3 nitrogen and oxygen atoms in total. The molecule has 1 fully saturated rings. The summed E-state index contributed by atoms with van der Waals surface area (Å²) < 4.78 is 6.37. The monoisotopic (exact) mass is 339 g/mol. The van der Waals surface area contributed by atoms with Crippen LogP contribution in [0.1, 0.15) is 24.0 Å². The molecule has 1 saturated heterocycles. The molecule has 0 radical (unpaired) electrons. The van der Waals surface area contributed by atoms with Gasteiger partial charge in [0.15, 0.2) is 0 Å². The molecule has 1 aliphatic heterocycles. The third-order valence-electron chi connectivity index (χ3n) is 3.85. The van der Waals surface area contributed by atoms with E-state index in [9.17, 15) is 4.79 Å². The van der Waals surface area contributed by atoms with Crippen LogP contribution < -0.4 is 0 Å². The standard InChI is InChI=1S/C16H22BrNO2/c1-12-3-4-14(15(17)9-12)10-16(19)18(2)11-13-5-7-20-8-6-13/h3-4,9,13H,5-8,10-11H2,1-2H3. The van der Waals surface area contributed by atoms with Gasteiger partial charge in [-0.3, -0.25) is 4.79 Å². The van der Waals surface area contributed by atoms with E-state index in [1.54, 1.807) is 0 Å². The Morgan fingerprint density at radius 3 is 2.75 bits per heavy atom. The summed E-state index contributed by atoms with van der Waals surface area (Å²) in [7, 11) is 1.90. The van der Waals surface area contributed by atoms with Gasteiger partial charge in [0.05, 0.1) is 6.42 Å². The van der Waals surface area contributed by atoms with Crippen LogP contribution in [0.4, 0.5) is 0 Å². The highest BCUT2D eigenvalue weighted by Gasteiger charge is 2.19. The van der Waals surface area contributed by atoms with E-state index >= 15 is 0 Å². The van der Waals surface area contributed by atoms with Crippen molar-refractivity contribution in [3.05, 3.63) is 33.8 Å². The zero-order valence-electron chi connectivity index (χ0n) is 12.2. The highest BCUT2D eigenvalue weighted by atomic mass is 79.9. The van der Waals surface area contributed by atoms with Gasteiger partial charge in [0, 0.05) is 31.3 Å². The maximum absolute atomic E-state index is 12.3. The molecule has 20 heavy (non-hydrogen) atoms. The fourth-order valence-electron chi connectivity index (χ4n) is 2.51. The highest BCUT2D eigenvalue weighted by molar-refractivity contribution is 9.10. The normalized spacial score (nSPS) is 16.1. The minimum absolute atomic E-state index is 0.182. The molecule has 0 aromatic heterocycles. The van der Waals surface area contributed by atoms with Crippen molar-refractivity contribution in [1.29, 1.82) is 0 Å². The van der Waals surface area contributed by atoms with Gasteiger partial charge in [0.2, 0.25) is 5.91 Å². The maximum atomic E-state index is 12.3. The molecule has 0 spiro atoms. The van der Waals surface area contributed by atoms with Gasteiger partial charge < -0.3 is 9.64 Å². The Bertz CT molecular complexity index is 470. The Labute approximate surface area is 129 Å². The van der Waals surface area contributed by atoms with Gasteiger partial charge in [-0.25, -0.2) is 0 Å². The quantitative estimate of drug-likeness (QED) is 0.843. The van der Waals surface area contributed by atoms with Crippen molar-refractivity contribution in [2.45, 2.75) is 26.2 Å². The van der Waals surface area contributed by atoms with E-state index in [4.69, 9.17) is 4.74 Å². The predicted molar refractivity (Wildman–Crippen MR) is 83.8 cm³/mol. The Kier molecular flexibility index (Phi) is 5.61. The molecule has 0 bridgehead atoms. The van der Waals surface area contributed by atoms with Crippen molar-refractivity contribution >= 4 is 21.8 Å². The predicted octanol–water partition coefficient (Wildman–Crippen LogP) is 3.19. The van der Waals surface area contributed by atoms with Crippen LogP contribution in [-0.2, 0) is 16.0 Å². The first-order valence-electron chi connectivity index (χ1n) is 7.13. The van der Waals surface area contributed by atoms with Crippen molar-refractivity contribution in [3.63, 3.8) is 0 Å². The van der Waals surface area contributed by atoms with Gasteiger partial charge in [-0.2, -0.15) is 0 Å². The number of ether oxygens (including phenoxy) is 1. The third kappa shape index (κ3) is 4.32. The number of benzene rings is 1. The second-order valence-electron chi connectivity index (χ2n) is 5.60. The second kappa shape index (κ2) is 7.23. The largest absolute Gasteiger partial charge is 0.381 e. The number of carbonyl (C=O) groups excluding carboxylic acids is 1. The molecular weight excluding hydrogens is 318 g/mol. The number of rotatable bonds is 4. The van der Waals surface area contributed by atoms with Crippen LogP contribution >= 0.6 is 15.9 Å². The molecule has 2 rings (SSSR count). The first-order chi connectivity index (χ1) is 9.56. The summed E-state index contributed by atoms with van der Waals surface area (Å²) in [4.78, 5) is 14.2. The van der Waals surface area contributed by atoms with E-state index in [0.717, 1.165) is 42.6 Å². The average molecular weight is 340 g/mol. The van der Waals surface area contributed by atoms with Crippen molar-refractivity contribution < 1.29 is 9.53 Å². The summed E-state index contributed by atoms with van der Waals surface area (Å²) in [5.41, 5.74) is 2.25. The minimum Gasteiger partial charge on any atom is -0.381 e. The molecule has 0 atom stereocenters. The highest BCUT2D eigenvalue weighted by Crippen LogP contribution is 2.20. The van der Waals surface area contributed by atoms with Crippen LogP contribution in [0.2, 0.25) is 0 Å². The molecule has 1 heterocycles. The summed E-state index contributed by atoms with van der Waals surface area (Å²) in [5.74, 6) is 0.764. The summed E-state index contributed by atoms with van der Waals surface area (Å²) in [6, 6.07) is 6.13. The maximum Gasteiger partial charge on any atom is 0.226 e. The van der Waals surface area contributed by atoms with Crippen LogP contribution in [-0.4, -0.2) is 37.6 Å². The lowest BCUT2D eigenvalue weighted by Crippen LogP contribution is -2.35. The summed E-state index contributed by atoms with van der Waals surface area (Å²) in [5, 5.41) is 0. The lowest BCUT2D eigenvalue weighted by Gasteiger charge is -2.27. The summed E-state index contributed by atoms with van der Waals surface area (Å²) in [6.45, 7) is 4.55. The number of nitrogens with zero attached hydrogens (tertiary/aromatic N) is 1. The van der Waals surface area contributed by atoms with Gasteiger partial charge in [-0.05, 0) is 42.9 Å². The molecule has 1 amide bonds. The van der Waals surface area contributed by atoms with Crippen LogP contribution in [0.15, 0.2) is 22.7 Å². The van der Waals surface area contributed by atoms with Crippen LogP contribution in [0.25, 0.3) is 0 Å². The van der Waals surface area contributed by atoms with Crippen molar-refractivity contribution in [1.82, 2.24) is 4.90 Å². The van der Waals surface area contributed by atoms with E-state index in [1.807, 2.05) is 31.0 Å². The summed E-state index contributed by atoms with van der Waals surface area (Å²) in [6.07, 6.45) is 2.58. The lowest BCUT2D eigenvalue weighted by atomic mass is 9.99. The van der Waals surface area contributed by atoms with Crippen molar-refractivity contribution in [2.75, 3.05) is 26.8 Å². The number of hydrogen-bond acceptors (Lipinski definition) is 2. The van der Waals surface area contributed by atoms with E-state index in [2.05, 4.69) is 22.0 Å². The molecule has 0 aliphatic carbocycles. The molecular formula is C16H22BrNO2. The smallest absolute Gasteiger partial charge is 0.226 e. The van der Waals surface area contributed by atoms with E-state index in [-0.39, 0.29) is 5.91 Å². The van der Waals surface area contributed by atoms with Gasteiger partial charge in [-0.1, -0.05) is 28.1 Å².